The minimum absolute atomic E-state index is 0.0187. The van der Waals surface area contributed by atoms with E-state index in [-0.39, 0.29) is 12.5 Å². The largest absolute Gasteiger partial charge is 0.497 e. The smallest absolute Gasteiger partial charge is 0.240 e. The topological polar surface area (TPSA) is 69.5 Å². The maximum absolute atomic E-state index is 13.1. The van der Waals surface area contributed by atoms with Crippen molar-refractivity contribution in [3.8, 4) is 17.2 Å². The lowest BCUT2D eigenvalue weighted by Gasteiger charge is -2.20. The van der Waals surface area contributed by atoms with Crippen molar-refractivity contribution < 1.29 is 14.3 Å². The molecule has 0 unspecified atom stereocenters. The van der Waals surface area contributed by atoms with E-state index in [1.165, 1.54) is 11.8 Å². The first-order valence-electron chi connectivity index (χ1n) is 10.8. The van der Waals surface area contributed by atoms with Crippen LogP contribution in [0.3, 0.4) is 0 Å². The molecule has 1 amide bonds. The number of rotatable bonds is 9. The van der Waals surface area contributed by atoms with Crippen molar-refractivity contribution in [2.24, 2.45) is 0 Å². The van der Waals surface area contributed by atoms with Gasteiger partial charge in [-0.3, -0.25) is 9.36 Å². The molecule has 0 bridgehead atoms. The summed E-state index contributed by atoms with van der Waals surface area (Å²) in [5.41, 5.74) is 1.80. The molecule has 0 spiro atoms. The molecule has 0 radical (unpaired) electrons. The molecule has 34 heavy (non-hydrogen) atoms. The molecular weight excluding hydrogens is 448 g/mol. The van der Waals surface area contributed by atoms with Crippen molar-refractivity contribution in [2.75, 3.05) is 21.2 Å². The summed E-state index contributed by atoms with van der Waals surface area (Å²) < 4.78 is 13.1. The van der Waals surface area contributed by atoms with Gasteiger partial charge in [0, 0.05) is 19.8 Å². The first kappa shape index (κ1) is 23.4. The van der Waals surface area contributed by atoms with Gasteiger partial charge in [0.05, 0.1) is 7.11 Å². The molecule has 1 atom stereocenters. The van der Waals surface area contributed by atoms with Gasteiger partial charge in [-0.1, -0.05) is 60.3 Å². The molecule has 0 aliphatic rings. The Morgan fingerprint density at radius 1 is 0.912 bits per heavy atom. The maximum Gasteiger partial charge on any atom is 0.240 e. The van der Waals surface area contributed by atoms with E-state index in [9.17, 15) is 4.79 Å². The summed E-state index contributed by atoms with van der Waals surface area (Å²) in [6.07, 6.45) is 0. The third kappa shape index (κ3) is 5.40. The first-order valence-corrected chi connectivity index (χ1v) is 11.6. The Kier molecular flexibility index (Phi) is 7.49. The Bertz CT molecular complexity index is 1210. The molecule has 4 rings (SSSR count). The number of likely N-dealkylation sites (N-methyl/N-ethyl adjacent to an activating group) is 1. The van der Waals surface area contributed by atoms with Crippen molar-refractivity contribution in [1.82, 2.24) is 19.7 Å². The summed E-state index contributed by atoms with van der Waals surface area (Å²) in [5.74, 6) is 2.07. The fourth-order valence-electron chi connectivity index (χ4n) is 3.36. The number of thioether (sulfide) groups is 1. The molecule has 0 aliphatic carbocycles. The normalized spacial score (nSPS) is 11.6. The van der Waals surface area contributed by atoms with Crippen LogP contribution in [0.4, 0.5) is 0 Å². The van der Waals surface area contributed by atoms with E-state index < -0.39 is 5.25 Å². The summed E-state index contributed by atoms with van der Waals surface area (Å²) in [6, 6.07) is 26.9. The molecule has 0 aliphatic heterocycles. The zero-order valence-electron chi connectivity index (χ0n) is 19.3. The summed E-state index contributed by atoms with van der Waals surface area (Å²) in [7, 11) is 5.14. The fraction of sp³-hybridized carbons (Fsp3) is 0.192. The lowest BCUT2D eigenvalue weighted by molar-refractivity contribution is -0.128. The second-order valence-corrected chi connectivity index (χ2v) is 8.75. The minimum atomic E-state index is -0.460. The van der Waals surface area contributed by atoms with Crippen molar-refractivity contribution >= 4 is 17.7 Å². The van der Waals surface area contributed by atoms with Gasteiger partial charge in [-0.15, -0.1) is 10.2 Å². The highest BCUT2D eigenvalue weighted by molar-refractivity contribution is 8.00. The predicted molar refractivity (Wildman–Crippen MR) is 132 cm³/mol. The lowest BCUT2D eigenvalue weighted by Crippen LogP contribution is -2.27. The fourth-order valence-corrected chi connectivity index (χ4v) is 4.57. The lowest BCUT2D eigenvalue weighted by atomic mass is 10.1. The Morgan fingerprint density at radius 3 is 2.15 bits per heavy atom. The summed E-state index contributed by atoms with van der Waals surface area (Å²) >= 11 is 1.37. The third-order valence-corrected chi connectivity index (χ3v) is 6.32. The molecule has 4 aromatic rings. The van der Waals surface area contributed by atoms with Gasteiger partial charge in [0.15, 0.2) is 11.0 Å². The van der Waals surface area contributed by atoms with Gasteiger partial charge in [0.1, 0.15) is 23.4 Å². The molecular formula is C26H26N4O3S. The molecule has 0 N–H and O–H groups in total. The van der Waals surface area contributed by atoms with Gasteiger partial charge in [0.2, 0.25) is 5.91 Å². The van der Waals surface area contributed by atoms with Crippen LogP contribution in [0.15, 0.2) is 90.1 Å². The molecule has 8 heteroatoms. The number of aromatic nitrogens is 3. The molecule has 0 saturated carbocycles. The SMILES string of the molecule is COc1ccc(OCc2nnc(S[C@@H](C(=O)N(C)C)c3ccccc3)n2-c2ccccc2)cc1. The van der Waals surface area contributed by atoms with Crippen LogP contribution in [0.2, 0.25) is 0 Å². The second kappa shape index (κ2) is 10.9. The quantitative estimate of drug-likeness (QED) is 0.325. The van der Waals surface area contributed by atoms with Crippen molar-refractivity contribution in [2.45, 2.75) is 17.0 Å². The number of amides is 1. The van der Waals surface area contributed by atoms with E-state index in [4.69, 9.17) is 9.47 Å². The number of nitrogens with zero attached hydrogens (tertiary/aromatic N) is 4. The van der Waals surface area contributed by atoms with E-state index in [0.717, 1.165) is 17.0 Å². The molecule has 3 aromatic carbocycles. The Labute approximate surface area is 203 Å². The number of carbonyl (C=O) groups excluding carboxylic acids is 1. The maximum atomic E-state index is 13.1. The molecule has 174 valence electrons. The highest BCUT2D eigenvalue weighted by Crippen LogP contribution is 2.37. The Hall–Kier alpha value is -3.78. The van der Waals surface area contributed by atoms with E-state index in [0.29, 0.717) is 16.7 Å². The molecule has 1 heterocycles. The average molecular weight is 475 g/mol. The number of carbonyl (C=O) groups is 1. The molecule has 0 fully saturated rings. The molecule has 0 saturated heterocycles. The highest BCUT2D eigenvalue weighted by Gasteiger charge is 2.27. The number of ether oxygens (including phenoxy) is 2. The first-order chi connectivity index (χ1) is 16.6. The van der Waals surface area contributed by atoms with Gasteiger partial charge in [-0.05, 0) is 42.0 Å². The van der Waals surface area contributed by atoms with Crippen LogP contribution in [0.1, 0.15) is 16.6 Å². The van der Waals surface area contributed by atoms with Crippen LogP contribution in [0, 0.1) is 0 Å². The zero-order chi connectivity index (χ0) is 23.9. The highest BCUT2D eigenvalue weighted by atomic mass is 32.2. The monoisotopic (exact) mass is 474 g/mol. The van der Waals surface area contributed by atoms with E-state index >= 15 is 0 Å². The zero-order valence-corrected chi connectivity index (χ0v) is 20.1. The van der Waals surface area contributed by atoms with Gasteiger partial charge < -0.3 is 14.4 Å². The van der Waals surface area contributed by atoms with Crippen LogP contribution in [0.5, 0.6) is 11.5 Å². The van der Waals surface area contributed by atoms with Gasteiger partial charge in [0.25, 0.3) is 0 Å². The standard InChI is InChI=1S/C26H26N4O3S/c1-29(2)25(31)24(19-10-6-4-7-11-19)34-26-28-27-23(30(26)20-12-8-5-9-13-20)18-33-22-16-14-21(32-3)15-17-22/h4-17,24H,18H2,1-3H3/t24-/m1/s1. The van der Waals surface area contributed by atoms with Gasteiger partial charge >= 0.3 is 0 Å². The molecule has 1 aromatic heterocycles. The van der Waals surface area contributed by atoms with E-state index in [2.05, 4.69) is 10.2 Å². The van der Waals surface area contributed by atoms with Crippen LogP contribution < -0.4 is 9.47 Å². The van der Waals surface area contributed by atoms with E-state index in [1.54, 1.807) is 26.1 Å². The van der Waals surface area contributed by atoms with Crippen LogP contribution in [-0.4, -0.2) is 46.8 Å². The summed E-state index contributed by atoms with van der Waals surface area (Å²) in [4.78, 5) is 14.7. The number of para-hydroxylation sites is 1. The summed E-state index contributed by atoms with van der Waals surface area (Å²) in [5, 5.41) is 9.01. The van der Waals surface area contributed by atoms with Crippen molar-refractivity contribution in [3.63, 3.8) is 0 Å². The second-order valence-electron chi connectivity index (χ2n) is 7.68. The number of benzene rings is 3. The van der Waals surface area contributed by atoms with Gasteiger partial charge in [-0.2, -0.15) is 0 Å². The number of methoxy groups -OCH3 is 1. The van der Waals surface area contributed by atoms with Crippen LogP contribution in [0.25, 0.3) is 5.69 Å². The van der Waals surface area contributed by atoms with Gasteiger partial charge in [-0.25, -0.2) is 0 Å². The summed E-state index contributed by atoms with van der Waals surface area (Å²) in [6.45, 7) is 0.215. The van der Waals surface area contributed by atoms with E-state index in [1.807, 2.05) is 89.5 Å². The Morgan fingerprint density at radius 2 is 1.53 bits per heavy atom. The van der Waals surface area contributed by atoms with Crippen molar-refractivity contribution in [1.29, 1.82) is 0 Å². The Balaban J connectivity index is 1.66. The van der Waals surface area contributed by atoms with Crippen LogP contribution in [-0.2, 0) is 11.4 Å². The predicted octanol–water partition coefficient (Wildman–Crippen LogP) is 4.78. The number of hydrogen-bond donors (Lipinski definition) is 0. The minimum Gasteiger partial charge on any atom is -0.497 e. The van der Waals surface area contributed by atoms with Crippen LogP contribution >= 0.6 is 11.8 Å². The average Bonchev–Trinajstić information content (AvgIpc) is 3.29. The number of hydrogen-bond acceptors (Lipinski definition) is 6. The molecule has 7 nitrogen and oxygen atoms in total. The van der Waals surface area contributed by atoms with Crippen molar-refractivity contribution in [3.05, 3.63) is 96.3 Å². The third-order valence-electron chi connectivity index (χ3n) is 5.13.